The molecular formula is C20H18. The van der Waals surface area contributed by atoms with E-state index in [9.17, 15) is 0 Å². The van der Waals surface area contributed by atoms with Crippen LogP contribution in [0.25, 0.3) is 22.3 Å². The monoisotopic (exact) mass is 258 g/mol. The molecule has 0 aliphatic rings. The van der Waals surface area contributed by atoms with E-state index >= 15 is 0 Å². The van der Waals surface area contributed by atoms with Gasteiger partial charge in [-0.15, -0.1) is 0 Å². The Labute approximate surface area is 120 Å². The molecule has 0 aliphatic carbocycles. The predicted octanol–water partition coefficient (Wildman–Crippen LogP) is 5.64. The van der Waals surface area contributed by atoms with Gasteiger partial charge < -0.3 is 0 Å². The number of benzene rings is 3. The molecule has 0 saturated carbocycles. The summed E-state index contributed by atoms with van der Waals surface area (Å²) in [7, 11) is 0. The van der Waals surface area contributed by atoms with Crippen LogP contribution < -0.4 is 0 Å². The largest absolute Gasteiger partial charge is 0.0622 e. The summed E-state index contributed by atoms with van der Waals surface area (Å²) < 4.78 is 0. The van der Waals surface area contributed by atoms with Crippen molar-refractivity contribution in [2.45, 2.75) is 13.8 Å². The average molecular weight is 258 g/mol. The second kappa shape index (κ2) is 5.34. The Morgan fingerprint density at radius 1 is 0.500 bits per heavy atom. The second-order valence-corrected chi connectivity index (χ2v) is 5.21. The maximum absolute atomic E-state index is 2.27. The lowest BCUT2D eigenvalue weighted by molar-refractivity contribution is 1.41. The Balaban J connectivity index is 2.07. The van der Waals surface area contributed by atoms with Crippen LogP contribution in [0.1, 0.15) is 11.1 Å². The summed E-state index contributed by atoms with van der Waals surface area (Å²) in [6, 6.07) is 25.8. The van der Waals surface area contributed by atoms with E-state index in [4.69, 9.17) is 0 Å². The highest BCUT2D eigenvalue weighted by atomic mass is 14.1. The molecule has 0 atom stereocenters. The van der Waals surface area contributed by atoms with Crippen LogP contribution in [0.15, 0.2) is 72.8 Å². The Kier molecular flexibility index (Phi) is 3.39. The summed E-state index contributed by atoms with van der Waals surface area (Å²) in [5, 5.41) is 0. The minimum absolute atomic E-state index is 1.27. The van der Waals surface area contributed by atoms with Gasteiger partial charge in [0, 0.05) is 0 Å². The quantitative estimate of drug-likeness (QED) is 0.558. The third kappa shape index (κ3) is 2.37. The van der Waals surface area contributed by atoms with Crippen LogP contribution in [-0.2, 0) is 0 Å². The van der Waals surface area contributed by atoms with E-state index in [1.165, 1.54) is 33.4 Å². The van der Waals surface area contributed by atoms with Crippen molar-refractivity contribution in [1.29, 1.82) is 0 Å². The molecule has 0 aliphatic heterocycles. The molecule has 0 bridgehead atoms. The maximum atomic E-state index is 2.27. The molecule has 0 aromatic heterocycles. The zero-order valence-corrected chi connectivity index (χ0v) is 11.9. The van der Waals surface area contributed by atoms with Gasteiger partial charge in [-0.1, -0.05) is 72.8 Å². The van der Waals surface area contributed by atoms with Crippen LogP contribution in [0, 0.1) is 13.8 Å². The van der Waals surface area contributed by atoms with E-state index in [1.807, 2.05) is 0 Å². The SMILES string of the molecule is Cc1ccccc1-c1ccc(-c2ccccc2)cc1C. The van der Waals surface area contributed by atoms with Gasteiger partial charge in [0.05, 0.1) is 0 Å². The van der Waals surface area contributed by atoms with Crippen molar-refractivity contribution in [3.63, 3.8) is 0 Å². The number of hydrogen-bond donors (Lipinski definition) is 0. The molecule has 0 unspecified atom stereocenters. The zero-order valence-electron chi connectivity index (χ0n) is 11.9. The third-order valence-electron chi connectivity index (χ3n) is 3.77. The molecule has 98 valence electrons. The van der Waals surface area contributed by atoms with Crippen LogP contribution in [0.2, 0.25) is 0 Å². The second-order valence-electron chi connectivity index (χ2n) is 5.21. The summed E-state index contributed by atoms with van der Waals surface area (Å²) in [6.45, 7) is 4.36. The summed E-state index contributed by atoms with van der Waals surface area (Å²) in [5.41, 5.74) is 7.84. The van der Waals surface area contributed by atoms with Gasteiger partial charge in [0.15, 0.2) is 0 Å². The van der Waals surface area contributed by atoms with E-state index in [2.05, 4.69) is 86.6 Å². The lowest BCUT2D eigenvalue weighted by Crippen LogP contribution is -1.88. The molecule has 0 heteroatoms. The van der Waals surface area contributed by atoms with Gasteiger partial charge in [-0.25, -0.2) is 0 Å². The van der Waals surface area contributed by atoms with Gasteiger partial charge in [-0.05, 0) is 47.2 Å². The van der Waals surface area contributed by atoms with Gasteiger partial charge in [-0.3, -0.25) is 0 Å². The Hall–Kier alpha value is -2.34. The molecule has 0 amide bonds. The topological polar surface area (TPSA) is 0 Å². The van der Waals surface area contributed by atoms with Crippen molar-refractivity contribution in [2.24, 2.45) is 0 Å². The molecule has 3 aromatic rings. The van der Waals surface area contributed by atoms with Gasteiger partial charge in [0.25, 0.3) is 0 Å². The molecule has 3 aromatic carbocycles. The molecule has 0 heterocycles. The van der Waals surface area contributed by atoms with Crippen molar-refractivity contribution in [3.8, 4) is 22.3 Å². The highest BCUT2D eigenvalue weighted by Crippen LogP contribution is 2.30. The molecule has 0 radical (unpaired) electrons. The first-order valence-corrected chi connectivity index (χ1v) is 6.98. The molecule has 0 saturated heterocycles. The fraction of sp³-hybridized carbons (Fsp3) is 0.100. The average Bonchev–Trinajstić information content (AvgIpc) is 2.49. The predicted molar refractivity (Wildman–Crippen MR) is 86.8 cm³/mol. The van der Waals surface area contributed by atoms with Crippen molar-refractivity contribution < 1.29 is 0 Å². The van der Waals surface area contributed by atoms with Crippen LogP contribution >= 0.6 is 0 Å². The molecule has 0 spiro atoms. The first-order chi connectivity index (χ1) is 9.75. The van der Waals surface area contributed by atoms with Crippen LogP contribution in [0.4, 0.5) is 0 Å². The van der Waals surface area contributed by atoms with Gasteiger partial charge in [0.1, 0.15) is 0 Å². The van der Waals surface area contributed by atoms with Gasteiger partial charge >= 0.3 is 0 Å². The molecular weight excluding hydrogens is 240 g/mol. The summed E-state index contributed by atoms with van der Waals surface area (Å²) in [4.78, 5) is 0. The Morgan fingerprint density at radius 3 is 1.85 bits per heavy atom. The fourth-order valence-electron chi connectivity index (χ4n) is 2.65. The highest BCUT2D eigenvalue weighted by molar-refractivity contribution is 5.75. The third-order valence-corrected chi connectivity index (χ3v) is 3.77. The Morgan fingerprint density at radius 2 is 1.15 bits per heavy atom. The molecule has 20 heavy (non-hydrogen) atoms. The first-order valence-electron chi connectivity index (χ1n) is 6.98. The lowest BCUT2D eigenvalue weighted by Gasteiger charge is -2.11. The van der Waals surface area contributed by atoms with Crippen LogP contribution in [-0.4, -0.2) is 0 Å². The number of hydrogen-bond acceptors (Lipinski definition) is 0. The zero-order chi connectivity index (χ0) is 13.9. The van der Waals surface area contributed by atoms with Gasteiger partial charge in [0.2, 0.25) is 0 Å². The minimum Gasteiger partial charge on any atom is -0.0622 e. The summed E-state index contributed by atoms with van der Waals surface area (Å²) >= 11 is 0. The normalized spacial score (nSPS) is 10.5. The van der Waals surface area contributed by atoms with Crippen LogP contribution in [0.3, 0.4) is 0 Å². The highest BCUT2D eigenvalue weighted by Gasteiger charge is 2.06. The van der Waals surface area contributed by atoms with Crippen LogP contribution in [0.5, 0.6) is 0 Å². The van der Waals surface area contributed by atoms with E-state index in [1.54, 1.807) is 0 Å². The molecule has 3 rings (SSSR count). The number of rotatable bonds is 2. The minimum atomic E-state index is 1.27. The number of aryl methyl sites for hydroxylation is 2. The van der Waals surface area contributed by atoms with Crippen molar-refractivity contribution in [3.05, 3.63) is 83.9 Å². The van der Waals surface area contributed by atoms with Crippen molar-refractivity contribution in [1.82, 2.24) is 0 Å². The summed E-state index contributed by atoms with van der Waals surface area (Å²) in [5.74, 6) is 0. The van der Waals surface area contributed by atoms with Crippen molar-refractivity contribution >= 4 is 0 Å². The first kappa shape index (κ1) is 12.7. The standard InChI is InChI=1S/C20H18/c1-15-8-6-7-11-19(15)20-13-12-18(14-16(20)2)17-9-4-3-5-10-17/h3-14H,1-2H3. The smallest absolute Gasteiger partial charge is 0.0152 e. The summed E-state index contributed by atoms with van der Waals surface area (Å²) in [6.07, 6.45) is 0. The lowest BCUT2D eigenvalue weighted by atomic mass is 9.93. The van der Waals surface area contributed by atoms with E-state index < -0.39 is 0 Å². The van der Waals surface area contributed by atoms with Crippen molar-refractivity contribution in [2.75, 3.05) is 0 Å². The molecule has 0 N–H and O–H groups in total. The van der Waals surface area contributed by atoms with Gasteiger partial charge in [-0.2, -0.15) is 0 Å². The molecule has 0 nitrogen and oxygen atoms in total. The van der Waals surface area contributed by atoms with E-state index in [-0.39, 0.29) is 0 Å². The molecule has 0 fully saturated rings. The fourth-order valence-corrected chi connectivity index (χ4v) is 2.65. The van der Waals surface area contributed by atoms with E-state index in [0.29, 0.717) is 0 Å². The Bertz CT molecular complexity index is 724. The van der Waals surface area contributed by atoms with E-state index in [0.717, 1.165) is 0 Å². The maximum Gasteiger partial charge on any atom is -0.0152 e.